The van der Waals surface area contributed by atoms with E-state index < -0.39 is 11.1 Å². The second-order valence-electron chi connectivity index (χ2n) is 7.26. The monoisotopic (exact) mass is 430 g/mol. The van der Waals surface area contributed by atoms with Gasteiger partial charge in [-0.05, 0) is 36.6 Å². The van der Waals surface area contributed by atoms with Gasteiger partial charge in [0.25, 0.3) is 0 Å². The third-order valence-corrected chi connectivity index (χ3v) is 6.14. The molecule has 0 fully saturated rings. The lowest BCUT2D eigenvalue weighted by atomic mass is 9.98. The molecule has 0 unspecified atom stereocenters. The van der Waals surface area contributed by atoms with Gasteiger partial charge in [0.1, 0.15) is 17.0 Å². The molecule has 156 valence electrons. The first-order chi connectivity index (χ1) is 14.3. The minimum Gasteiger partial charge on any atom is -0.337 e. The van der Waals surface area contributed by atoms with Gasteiger partial charge in [0, 0.05) is 18.0 Å². The van der Waals surface area contributed by atoms with E-state index in [0.717, 1.165) is 30.4 Å². The molecule has 2 aromatic rings. The zero-order chi connectivity index (χ0) is 21.3. The fourth-order valence-electron chi connectivity index (χ4n) is 3.42. The van der Waals surface area contributed by atoms with Crippen LogP contribution in [0.15, 0.2) is 64.9 Å². The van der Waals surface area contributed by atoms with Crippen LogP contribution in [-0.4, -0.2) is 35.2 Å². The van der Waals surface area contributed by atoms with Gasteiger partial charge in [-0.2, -0.15) is 18.2 Å². The molecule has 4 rings (SSSR count). The Bertz CT molecular complexity index is 1050. The van der Waals surface area contributed by atoms with Gasteiger partial charge >= 0.3 is 6.18 Å². The van der Waals surface area contributed by atoms with Crippen molar-refractivity contribution in [3.8, 4) is 0 Å². The van der Waals surface area contributed by atoms with Crippen molar-refractivity contribution in [3.05, 3.63) is 75.8 Å². The third kappa shape index (κ3) is 4.48. The Morgan fingerprint density at radius 2 is 2.03 bits per heavy atom. The molecule has 0 saturated heterocycles. The zero-order valence-electron chi connectivity index (χ0n) is 16.5. The van der Waals surface area contributed by atoms with Crippen LogP contribution in [0.1, 0.15) is 27.3 Å². The predicted octanol–water partition coefficient (Wildman–Crippen LogP) is 5.54. The highest BCUT2D eigenvalue weighted by Crippen LogP contribution is 2.35. The number of guanidine groups is 1. The summed E-state index contributed by atoms with van der Waals surface area (Å²) < 4.78 is 38.4. The van der Waals surface area contributed by atoms with Crippen molar-refractivity contribution in [3.63, 3.8) is 0 Å². The summed E-state index contributed by atoms with van der Waals surface area (Å²) in [7, 11) is 0. The third-order valence-electron chi connectivity index (χ3n) is 5.02. The molecule has 1 aromatic carbocycles. The van der Waals surface area contributed by atoms with Crippen LogP contribution in [0.4, 0.5) is 13.2 Å². The van der Waals surface area contributed by atoms with Crippen molar-refractivity contribution in [1.29, 1.82) is 0 Å². The highest BCUT2D eigenvalue weighted by atomic mass is 32.1. The largest absolute Gasteiger partial charge is 0.425 e. The predicted molar refractivity (Wildman–Crippen MR) is 115 cm³/mol. The molecule has 0 N–H and O–H groups in total. The van der Waals surface area contributed by atoms with Gasteiger partial charge < -0.3 is 9.80 Å². The smallest absolute Gasteiger partial charge is 0.337 e. The van der Waals surface area contributed by atoms with Crippen LogP contribution in [0.2, 0.25) is 0 Å². The second kappa shape index (κ2) is 8.10. The number of hydrogen-bond donors (Lipinski definition) is 0. The number of thiophene rings is 1. The van der Waals surface area contributed by atoms with Crippen molar-refractivity contribution < 1.29 is 13.2 Å². The van der Waals surface area contributed by atoms with Crippen molar-refractivity contribution in [1.82, 2.24) is 9.80 Å². The number of halogens is 3. The lowest BCUT2D eigenvalue weighted by Gasteiger charge is -2.30. The molecule has 0 bridgehead atoms. The molecule has 0 atom stereocenters. The first kappa shape index (κ1) is 20.4. The van der Waals surface area contributed by atoms with Gasteiger partial charge in [0.2, 0.25) is 5.96 Å². The molecular formula is C22H21F3N4S. The normalized spacial score (nSPS) is 17.3. The zero-order valence-corrected chi connectivity index (χ0v) is 17.3. The molecule has 0 radical (unpaired) electrons. The summed E-state index contributed by atoms with van der Waals surface area (Å²) in [4.78, 5) is 12.6. The highest BCUT2D eigenvalue weighted by Gasteiger charge is 2.32. The minimum atomic E-state index is -4.32. The number of alkyl halides is 3. The Labute approximate surface area is 177 Å². The number of rotatable bonds is 3. The Kier molecular flexibility index (Phi) is 5.51. The van der Waals surface area contributed by atoms with E-state index in [1.165, 1.54) is 22.8 Å². The number of benzene rings is 1. The van der Waals surface area contributed by atoms with E-state index in [4.69, 9.17) is 0 Å². The molecule has 0 amide bonds. The molecule has 8 heteroatoms. The average molecular weight is 430 g/mol. The molecule has 0 spiro atoms. The summed E-state index contributed by atoms with van der Waals surface area (Å²) in [6.45, 7) is 7.79. The Morgan fingerprint density at radius 1 is 1.20 bits per heavy atom. The van der Waals surface area contributed by atoms with Gasteiger partial charge in [0.05, 0.1) is 6.54 Å². The molecule has 3 heterocycles. The molecule has 0 aliphatic carbocycles. The summed E-state index contributed by atoms with van der Waals surface area (Å²) in [5.41, 5.74) is 3.80. The maximum atomic E-state index is 12.8. The number of hydrogen-bond acceptors (Lipinski definition) is 5. The van der Waals surface area contributed by atoms with Gasteiger partial charge in [-0.15, -0.1) is 11.3 Å². The molecule has 4 nitrogen and oxygen atoms in total. The first-order valence-electron chi connectivity index (χ1n) is 9.55. The van der Waals surface area contributed by atoms with E-state index in [0.29, 0.717) is 23.2 Å². The average Bonchev–Trinajstić information content (AvgIpc) is 3.19. The van der Waals surface area contributed by atoms with Crippen LogP contribution >= 0.6 is 11.3 Å². The summed E-state index contributed by atoms with van der Waals surface area (Å²) in [6, 6.07) is 11.0. The summed E-state index contributed by atoms with van der Waals surface area (Å²) in [6.07, 6.45) is 0.358. The molecule has 1 aromatic heterocycles. The molecular weight excluding hydrogens is 409 g/mol. The fraction of sp³-hybridized carbons (Fsp3) is 0.273. The van der Waals surface area contributed by atoms with Crippen LogP contribution in [-0.2, 0) is 12.7 Å². The van der Waals surface area contributed by atoms with E-state index in [1.54, 1.807) is 11.2 Å². The van der Waals surface area contributed by atoms with Gasteiger partial charge in [-0.1, -0.05) is 42.5 Å². The SMILES string of the molecule is C=C1N=C(N2CC=C(c3cccc(C)c3)CC2)N=CN1Cc1ccc(C(F)(F)F)s1. The first-order valence-corrected chi connectivity index (χ1v) is 10.4. The second-order valence-corrected chi connectivity index (χ2v) is 8.43. The quantitative estimate of drug-likeness (QED) is 0.641. The van der Waals surface area contributed by atoms with Crippen LogP contribution in [0.5, 0.6) is 0 Å². The molecule has 2 aliphatic heterocycles. The fourth-order valence-corrected chi connectivity index (χ4v) is 4.30. The Balaban J connectivity index is 1.39. The maximum absolute atomic E-state index is 12.8. The topological polar surface area (TPSA) is 31.2 Å². The van der Waals surface area contributed by atoms with Crippen LogP contribution in [0.25, 0.3) is 5.57 Å². The standard InChI is InChI=1S/C22H21F3N4S/c1-15-4-3-5-18(12-15)17-8-10-28(11-9-17)21-26-14-29(16(2)27-21)13-19-6-7-20(30-19)22(23,24)25/h3-8,12,14H,2,9-11,13H2,1H3. The van der Waals surface area contributed by atoms with E-state index in [2.05, 4.69) is 58.7 Å². The van der Waals surface area contributed by atoms with Crippen LogP contribution < -0.4 is 0 Å². The summed E-state index contributed by atoms with van der Waals surface area (Å²) >= 11 is 0.727. The summed E-state index contributed by atoms with van der Waals surface area (Å²) in [5.74, 6) is 1.05. The number of nitrogens with zero attached hydrogens (tertiary/aromatic N) is 4. The van der Waals surface area contributed by atoms with Crippen molar-refractivity contribution in [2.24, 2.45) is 9.98 Å². The highest BCUT2D eigenvalue weighted by molar-refractivity contribution is 7.12. The lowest BCUT2D eigenvalue weighted by Crippen LogP contribution is -2.37. The molecule has 0 saturated carbocycles. The Hall–Kier alpha value is -2.87. The van der Waals surface area contributed by atoms with Crippen molar-refractivity contribution >= 4 is 29.2 Å². The molecule has 30 heavy (non-hydrogen) atoms. The Morgan fingerprint density at radius 3 is 2.67 bits per heavy atom. The lowest BCUT2D eigenvalue weighted by molar-refractivity contribution is -0.134. The maximum Gasteiger partial charge on any atom is 0.425 e. The number of aliphatic imine (C=N–C) groups is 2. The van der Waals surface area contributed by atoms with E-state index in [1.807, 2.05) is 0 Å². The van der Waals surface area contributed by atoms with Gasteiger partial charge in [0.15, 0.2) is 0 Å². The summed E-state index contributed by atoms with van der Waals surface area (Å²) in [5, 5.41) is 0. The number of aryl methyl sites for hydroxylation is 1. The van der Waals surface area contributed by atoms with E-state index in [-0.39, 0.29) is 6.54 Å². The minimum absolute atomic E-state index is 0.261. The van der Waals surface area contributed by atoms with Gasteiger partial charge in [-0.3, -0.25) is 0 Å². The van der Waals surface area contributed by atoms with Crippen LogP contribution in [0.3, 0.4) is 0 Å². The van der Waals surface area contributed by atoms with E-state index in [9.17, 15) is 13.2 Å². The molecule has 2 aliphatic rings. The van der Waals surface area contributed by atoms with Crippen molar-refractivity contribution in [2.75, 3.05) is 13.1 Å². The van der Waals surface area contributed by atoms with E-state index >= 15 is 0 Å². The van der Waals surface area contributed by atoms with Crippen molar-refractivity contribution in [2.45, 2.75) is 26.1 Å². The van der Waals surface area contributed by atoms with Crippen LogP contribution in [0, 0.1) is 6.92 Å². The van der Waals surface area contributed by atoms with Gasteiger partial charge in [-0.25, -0.2) is 4.99 Å².